The van der Waals surface area contributed by atoms with Crippen LogP contribution in [0.15, 0.2) is 20.5 Å². The van der Waals surface area contributed by atoms with Crippen molar-refractivity contribution in [3.05, 3.63) is 27.2 Å². The SMILES string of the molecule is CSc1sc2ccsc2c(=O)c1CSCCNC(=O)OC(C)(C)C. The molecule has 0 spiro atoms. The average Bonchev–Trinajstić information content (AvgIpc) is 2.95. The summed E-state index contributed by atoms with van der Waals surface area (Å²) in [4.78, 5) is 24.2. The first-order valence-corrected chi connectivity index (χ1v) is 11.5. The van der Waals surface area contributed by atoms with Crippen molar-refractivity contribution in [1.82, 2.24) is 5.32 Å². The van der Waals surface area contributed by atoms with Crippen molar-refractivity contribution in [2.45, 2.75) is 36.3 Å². The van der Waals surface area contributed by atoms with Crippen molar-refractivity contribution < 1.29 is 9.53 Å². The van der Waals surface area contributed by atoms with Gasteiger partial charge in [-0.1, -0.05) is 0 Å². The minimum absolute atomic E-state index is 0.149. The Bertz CT molecular complexity index is 761. The van der Waals surface area contributed by atoms with Gasteiger partial charge in [0.15, 0.2) is 0 Å². The van der Waals surface area contributed by atoms with Gasteiger partial charge in [-0.3, -0.25) is 4.79 Å². The standard InChI is InChI=1S/C16H21NO3S4/c1-16(2,3)20-15(19)17-6-8-22-9-10-12(18)13-11(5-7-23-13)24-14(10)21-4/h5,7H,6,8-9H2,1-4H3,(H,17,19). The maximum atomic E-state index is 12.6. The molecule has 0 saturated heterocycles. The van der Waals surface area contributed by atoms with Crippen molar-refractivity contribution in [2.24, 2.45) is 0 Å². The molecule has 8 heteroatoms. The highest BCUT2D eigenvalue weighted by Gasteiger charge is 2.16. The molecule has 0 bridgehead atoms. The minimum Gasteiger partial charge on any atom is -0.444 e. The number of carbonyl (C=O) groups is 1. The van der Waals surface area contributed by atoms with Crippen LogP contribution in [-0.4, -0.2) is 30.2 Å². The van der Waals surface area contributed by atoms with Gasteiger partial charge in [0.1, 0.15) is 5.60 Å². The van der Waals surface area contributed by atoms with Crippen molar-refractivity contribution in [2.75, 3.05) is 18.6 Å². The van der Waals surface area contributed by atoms with Gasteiger partial charge in [-0.05, 0) is 38.5 Å². The molecule has 0 atom stereocenters. The Morgan fingerprint density at radius 2 is 2.12 bits per heavy atom. The Morgan fingerprint density at radius 1 is 1.38 bits per heavy atom. The number of rotatable bonds is 6. The Hall–Kier alpha value is -0.700. The van der Waals surface area contributed by atoms with Gasteiger partial charge >= 0.3 is 6.09 Å². The van der Waals surface area contributed by atoms with Crippen molar-refractivity contribution in [1.29, 1.82) is 0 Å². The molecular formula is C16H21NO3S4. The van der Waals surface area contributed by atoms with Gasteiger partial charge in [-0.15, -0.1) is 34.4 Å². The summed E-state index contributed by atoms with van der Waals surface area (Å²) >= 11 is 6.46. The van der Waals surface area contributed by atoms with Gasteiger partial charge in [-0.2, -0.15) is 11.8 Å². The number of nitrogens with one attached hydrogen (secondary N) is 1. The smallest absolute Gasteiger partial charge is 0.407 e. The topological polar surface area (TPSA) is 55.4 Å². The Labute approximate surface area is 158 Å². The molecule has 0 radical (unpaired) electrons. The average molecular weight is 404 g/mol. The predicted molar refractivity (Wildman–Crippen MR) is 108 cm³/mol. The lowest BCUT2D eigenvalue weighted by molar-refractivity contribution is 0.0531. The number of amides is 1. The highest BCUT2D eigenvalue weighted by Crippen LogP contribution is 2.33. The molecule has 1 N–H and O–H groups in total. The summed E-state index contributed by atoms with van der Waals surface area (Å²) in [5.41, 5.74) is 0.542. The fourth-order valence-electron chi connectivity index (χ4n) is 1.94. The second kappa shape index (κ2) is 8.60. The normalized spacial score (nSPS) is 11.7. The number of thiophene rings is 1. The van der Waals surface area contributed by atoms with Crippen LogP contribution >= 0.6 is 46.2 Å². The van der Waals surface area contributed by atoms with Gasteiger partial charge < -0.3 is 10.1 Å². The second-order valence-electron chi connectivity index (χ2n) is 6.00. The monoisotopic (exact) mass is 403 g/mol. The zero-order chi connectivity index (χ0) is 17.7. The van der Waals surface area contributed by atoms with Gasteiger partial charge in [0.25, 0.3) is 0 Å². The number of fused-ring (bicyclic) bond motifs is 1. The van der Waals surface area contributed by atoms with Crippen LogP contribution in [0.5, 0.6) is 0 Å². The van der Waals surface area contributed by atoms with Gasteiger partial charge in [0.2, 0.25) is 5.43 Å². The van der Waals surface area contributed by atoms with Crippen LogP contribution in [0.2, 0.25) is 0 Å². The molecule has 0 aromatic carbocycles. The third kappa shape index (κ3) is 5.40. The van der Waals surface area contributed by atoms with E-state index in [1.807, 2.05) is 38.5 Å². The third-order valence-corrected chi connectivity index (χ3v) is 7.29. The van der Waals surface area contributed by atoms with Crippen LogP contribution in [0.3, 0.4) is 0 Å². The van der Waals surface area contributed by atoms with Crippen LogP contribution in [-0.2, 0) is 10.5 Å². The summed E-state index contributed by atoms with van der Waals surface area (Å²) in [6.07, 6.45) is 1.60. The van der Waals surface area contributed by atoms with E-state index in [1.165, 1.54) is 11.3 Å². The number of hydrogen-bond acceptors (Lipinski definition) is 7. The van der Waals surface area contributed by atoms with Crippen LogP contribution in [0, 0.1) is 0 Å². The van der Waals surface area contributed by atoms with E-state index in [4.69, 9.17) is 4.74 Å². The zero-order valence-corrected chi connectivity index (χ0v) is 17.4. The molecule has 0 saturated carbocycles. The van der Waals surface area contributed by atoms with Crippen LogP contribution in [0.4, 0.5) is 4.79 Å². The summed E-state index contributed by atoms with van der Waals surface area (Å²) in [5, 5.41) is 4.70. The maximum absolute atomic E-state index is 12.6. The van der Waals surface area contributed by atoms with Gasteiger partial charge in [0, 0.05) is 23.6 Å². The predicted octanol–water partition coefficient (Wildman–Crippen LogP) is 4.80. The Kier molecular flexibility index (Phi) is 7.03. The van der Waals surface area contributed by atoms with Gasteiger partial charge in [-0.25, -0.2) is 4.79 Å². The largest absolute Gasteiger partial charge is 0.444 e. The van der Waals surface area contributed by atoms with Crippen molar-refractivity contribution >= 4 is 61.7 Å². The number of hydrogen-bond donors (Lipinski definition) is 1. The van der Waals surface area contributed by atoms with E-state index in [0.29, 0.717) is 12.3 Å². The Morgan fingerprint density at radius 3 is 2.79 bits per heavy atom. The molecule has 2 aromatic rings. The molecular weight excluding hydrogens is 382 g/mol. The third-order valence-electron chi connectivity index (χ3n) is 2.90. The summed E-state index contributed by atoms with van der Waals surface area (Å²) in [6, 6.07) is 2.01. The second-order valence-corrected chi connectivity index (χ2v) is 10.1. The maximum Gasteiger partial charge on any atom is 0.407 e. The van der Waals surface area contributed by atoms with Gasteiger partial charge in [0.05, 0.1) is 13.6 Å². The highest BCUT2D eigenvalue weighted by molar-refractivity contribution is 8.01. The van der Waals surface area contributed by atoms with E-state index in [0.717, 1.165) is 24.9 Å². The number of thioether (sulfide) groups is 2. The highest BCUT2D eigenvalue weighted by atomic mass is 32.2. The zero-order valence-electron chi connectivity index (χ0n) is 14.1. The van der Waals surface area contributed by atoms with Crippen LogP contribution in [0.25, 0.3) is 9.40 Å². The van der Waals surface area contributed by atoms with E-state index in [2.05, 4.69) is 5.32 Å². The van der Waals surface area contributed by atoms with Crippen molar-refractivity contribution in [3.8, 4) is 0 Å². The molecule has 24 heavy (non-hydrogen) atoms. The number of ether oxygens (including phenoxy) is 1. The molecule has 0 aliphatic carbocycles. The molecule has 2 aromatic heterocycles. The lowest BCUT2D eigenvalue weighted by atomic mass is 10.2. The molecule has 132 valence electrons. The lowest BCUT2D eigenvalue weighted by Gasteiger charge is -2.19. The molecule has 2 rings (SSSR count). The quantitative estimate of drug-likeness (QED) is 0.554. The molecule has 0 unspecified atom stereocenters. The summed E-state index contributed by atoms with van der Waals surface area (Å²) < 4.78 is 8.18. The fraction of sp³-hybridized carbons (Fsp3) is 0.500. The summed E-state index contributed by atoms with van der Waals surface area (Å²) in [5.74, 6) is 1.40. The molecule has 4 nitrogen and oxygen atoms in total. The molecule has 0 fully saturated rings. The first-order valence-electron chi connectivity index (χ1n) is 7.43. The van der Waals surface area contributed by atoms with E-state index in [9.17, 15) is 9.59 Å². The first-order chi connectivity index (χ1) is 11.3. The summed E-state index contributed by atoms with van der Waals surface area (Å²) in [7, 11) is 0. The van der Waals surface area contributed by atoms with Crippen LogP contribution in [0.1, 0.15) is 26.3 Å². The Balaban J connectivity index is 1.89. The molecule has 2 heterocycles. The van der Waals surface area contributed by atoms with E-state index in [-0.39, 0.29) is 5.43 Å². The molecule has 1 amide bonds. The van der Waals surface area contributed by atoms with Crippen LogP contribution < -0.4 is 10.7 Å². The molecule has 0 aliphatic rings. The minimum atomic E-state index is -0.487. The van der Waals surface area contributed by atoms with E-state index >= 15 is 0 Å². The van der Waals surface area contributed by atoms with Crippen molar-refractivity contribution in [3.63, 3.8) is 0 Å². The fourth-order valence-corrected chi connectivity index (χ4v) is 5.92. The first kappa shape index (κ1) is 19.6. The number of carbonyl (C=O) groups excluding carboxylic acids is 1. The van der Waals surface area contributed by atoms with E-state index in [1.54, 1.807) is 34.9 Å². The summed E-state index contributed by atoms with van der Waals surface area (Å²) in [6.45, 7) is 6.03. The van der Waals surface area contributed by atoms with E-state index < -0.39 is 11.7 Å². The number of alkyl carbamates (subject to hydrolysis) is 1. The molecule has 0 aliphatic heterocycles. The lowest BCUT2D eigenvalue weighted by Crippen LogP contribution is -2.33.